The van der Waals surface area contributed by atoms with Gasteiger partial charge in [-0.2, -0.15) is 0 Å². The van der Waals surface area contributed by atoms with Gasteiger partial charge in [-0.1, -0.05) is 17.7 Å². The second-order valence-corrected chi connectivity index (χ2v) is 7.08. The van der Waals surface area contributed by atoms with Crippen molar-refractivity contribution in [3.8, 4) is 0 Å². The van der Waals surface area contributed by atoms with Gasteiger partial charge in [0.05, 0.1) is 27.9 Å². The molecule has 1 N–H and O–H groups in total. The summed E-state index contributed by atoms with van der Waals surface area (Å²) in [7, 11) is -3.15. The number of hydrogen-bond acceptors (Lipinski definition) is 4. The highest BCUT2D eigenvalue weighted by atomic mass is 35.5. The van der Waals surface area contributed by atoms with Gasteiger partial charge in [0.2, 0.25) is 5.91 Å². The molecule has 1 saturated heterocycles. The van der Waals surface area contributed by atoms with E-state index < -0.39 is 15.9 Å². The van der Waals surface area contributed by atoms with Crippen LogP contribution in [0.2, 0.25) is 5.02 Å². The van der Waals surface area contributed by atoms with Crippen LogP contribution in [-0.4, -0.2) is 38.4 Å². The highest BCUT2D eigenvalue weighted by Crippen LogP contribution is 2.39. The third-order valence-electron chi connectivity index (χ3n) is 3.27. The molecular formula is C11H11ClN2O3S. The molecule has 1 aromatic rings. The summed E-state index contributed by atoms with van der Waals surface area (Å²) < 4.78 is 23.2. The van der Waals surface area contributed by atoms with Gasteiger partial charge in [0.25, 0.3) is 0 Å². The minimum Gasteiger partial charge on any atom is -0.355 e. The van der Waals surface area contributed by atoms with E-state index in [9.17, 15) is 13.2 Å². The molecule has 1 amide bonds. The van der Waals surface area contributed by atoms with E-state index in [1.54, 1.807) is 23.1 Å². The summed E-state index contributed by atoms with van der Waals surface area (Å²) in [5.41, 5.74) is 1.36. The molecule has 5 nitrogen and oxygen atoms in total. The Kier molecular flexibility index (Phi) is 2.53. The first-order valence-electron chi connectivity index (χ1n) is 5.54. The van der Waals surface area contributed by atoms with Crippen molar-refractivity contribution in [1.82, 2.24) is 0 Å². The Balaban J connectivity index is 2.10. The van der Waals surface area contributed by atoms with Gasteiger partial charge < -0.3 is 10.2 Å². The van der Waals surface area contributed by atoms with Crippen LogP contribution in [0, 0.1) is 0 Å². The van der Waals surface area contributed by atoms with E-state index in [1.165, 1.54) is 0 Å². The number of carbonyl (C=O) groups excluding carboxylic acids is 1. The molecule has 7 heteroatoms. The molecule has 1 fully saturated rings. The van der Waals surface area contributed by atoms with Gasteiger partial charge in [0.1, 0.15) is 6.04 Å². The van der Waals surface area contributed by atoms with Crippen LogP contribution in [0.15, 0.2) is 18.2 Å². The van der Waals surface area contributed by atoms with E-state index in [1.807, 2.05) is 0 Å². The highest BCUT2D eigenvalue weighted by molar-refractivity contribution is 7.91. The van der Waals surface area contributed by atoms with Gasteiger partial charge in [0.15, 0.2) is 9.84 Å². The predicted octanol–water partition coefficient (Wildman–Crippen LogP) is 0.895. The number of anilines is 2. The van der Waals surface area contributed by atoms with Crippen LogP contribution in [0.3, 0.4) is 0 Å². The first kappa shape index (κ1) is 11.8. The normalized spacial score (nSPS) is 25.1. The first-order valence-corrected chi connectivity index (χ1v) is 7.74. The fourth-order valence-electron chi connectivity index (χ4n) is 2.42. The third-order valence-corrected chi connectivity index (χ3v) is 5.20. The van der Waals surface area contributed by atoms with Crippen LogP contribution in [0.5, 0.6) is 0 Å². The van der Waals surface area contributed by atoms with Crippen molar-refractivity contribution in [2.24, 2.45) is 0 Å². The molecule has 2 heterocycles. The highest BCUT2D eigenvalue weighted by Gasteiger charge is 2.40. The Bertz CT molecular complexity index is 629. The summed E-state index contributed by atoms with van der Waals surface area (Å²) >= 11 is 6.14. The van der Waals surface area contributed by atoms with E-state index in [0.717, 1.165) is 5.69 Å². The lowest BCUT2D eigenvalue weighted by Gasteiger charge is -2.41. The van der Waals surface area contributed by atoms with E-state index in [2.05, 4.69) is 5.32 Å². The van der Waals surface area contributed by atoms with Crippen LogP contribution in [0.25, 0.3) is 0 Å². The average Bonchev–Trinajstić information content (AvgIpc) is 2.29. The average molecular weight is 287 g/mol. The van der Waals surface area contributed by atoms with E-state index in [0.29, 0.717) is 17.3 Å². The third kappa shape index (κ3) is 1.76. The summed E-state index contributed by atoms with van der Waals surface area (Å²) in [5, 5.41) is 3.23. The fraction of sp³-hybridized carbons (Fsp3) is 0.364. The van der Waals surface area contributed by atoms with Crippen LogP contribution in [-0.2, 0) is 14.6 Å². The smallest absolute Gasteiger partial charge is 0.248 e. The molecule has 0 bridgehead atoms. The Hall–Kier alpha value is -1.27. The molecule has 0 saturated carbocycles. The van der Waals surface area contributed by atoms with Gasteiger partial charge in [-0.3, -0.25) is 4.79 Å². The molecule has 1 unspecified atom stereocenters. The topological polar surface area (TPSA) is 66.5 Å². The van der Waals surface area contributed by atoms with E-state index in [4.69, 9.17) is 11.6 Å². The van der Waals surface area contributed by atoms with Crippen molar-refractivity contribution in [2.75, 3.05) is 28.3 Å². The van der Waals surface area contributed by atoms with Gasteiger partial charge in [0, 0.05) is 6.54 Å². The largest absolute Gasteiger partial charge is 0.355 e. The summed E-state index contributed by atoms with van der Waals surface area (Å²) in [6.07, 6.45) is 0. The molecule has 3 rings (SSSR count). The van der Waals surface area contributed by atoms with E-state index in [-0.39, 0.29) is 17.4 Å². The van der Waals surface area contributed by atoms with Crippen molar-refractivity contribution in [1.29, 1.82) is 0 Å². The second-order valence-electron chi connectivity index (χ2n) is 4.45. The zero-order valence-electron chi connectivity index (χ0n) is 9.39. The van der Waals surface area contributed by atoms with Crippen molar-refractivity contribution in [3.05, 3.63) is 23.2 Å². The second kappa shape index (κ2) is 3.86. The molecule has 96 valence electrons. The quantitative estimate of drug-likeness (QED) is 0.769. The monoisotopic (exact) mass is 286 g/mol. The summed E-state index contributed by atoms with van der Waals surface area (Å²) in [6.45, 7) is 0.303. The molecular weight excluding hydrogens is 276 g/mol. The number of nitrogens with zero attached hydrogens (tertiary/aromatic N) is 1. The Morgan fingerprint density at radius 3 is 2.94 bits per heavy atom. The predicted molar refractivity (Wildman–Crippen MR) is 69.9 cm³/mol. The van der Waals surface area contributed by atoms with Gasteiger partial charge in [-0.25, -0.2) is 8.42 Å². The Morgan fingerprint density at radius 1 is 1.39 bits per heavy atom. The van der Waals surface area contributed by atoms with Gasteiger partial charge in [-0.05, 0) is 12.1 Å². The number of benzene rings is 1. The van der Waals surface area contributed by atoms with Crippen LogP contribution < -0.4 is 10.2 Å². The molecule has 0 aromatic heterocycles. The number of fused-ring (bicyclic) bond motifs is 3. The molecule has 0 radical (unpaired) electrons. The maximum atomic E-state index is 11.9. The van der Waals surface area contributed by atoms with Gasteiger partial charge >= 0.3 is 0 Å². The van der Waals surface area contributed by atoms with Crippen molar-refractivity contribution in [2.45, 2.75) is 6.04 Å². The standard InChI is InChI=1S/C11H11ClN2O3S/c12-7-2-1-3-8-10(7)14-4-5-18(16,17)6-9(14)11(15)13-8/h1-3,9H,4-6H2,(H,13,15). The number of nitrogens with one attached hydrogen (secondary N) is 1. The molecule has 0 aliphatic carbocycles. The zero-order chi connectivity index (χ0) is 12.9. The Labute approximate surface area is 110 Å². The maximum Gasteiger partial charge on any atom is 0.248 e. The van der Waals surface area contributed by atoms with Crippen LogP contribution in [0.4, 0.5) is 11.4 Å². The first-order chi connectivity index (χ1) is 8.48. The molecule has 18 heavy (non-hydrogen) atoms. The van der Waals surface area contributed by atoms with E-state index >= 15 is 0 Å². The molecule has 1 aromatic carbocycles. The van der Waals surface area contributed by atoms with Crippen LogP contribution in [0.1, 0.15) is 0 Å². The lowest BCUT2D eigenvalue weighted by molar-refractivity contribution is -0.117. The lowest BCUT2D eigenvalue weighted by Crippen LogP contribution is -2.56. The minimum atomic E-state index is -3.15. The molecule has 2 aliphatic rings. The minimum absolute atomic E-state index is 0.0570. The van der Waals surface area contributed by atoms with Gasteiger partial charge in [-0.15, -0.1) is 0 Å². The number of sulfone groups is 1. The van der Waals surface area contributed by atoms with Crippen LogP contribution >= 0.6 is 11.6 Å². The number of amides is 1. The number of para-hydroxylation sites is 1. The lowest BCUT2D eigenvalue weighted by atomic mass is 10.1. The van der Waals surface area contributed by atoms with Crippen molar-refractivity contribution >= 4 is 38.7 Å². The fourth-order valence-corrected chi connectivity index (χ4v) is 4.15. The maximum absolute atomic E-state index is 11.9. The zero-order valence-corrected chi connectivity index (χ0v) is 11.0. The summed E-state index contributed by atoms with van der Waals surface area (Å²) in [4.78, 5) is 13.7. The number of carbonyl (C=O) groups is 1. The molecule has 1 atom stereocenters. The SMILES string of the molecule is O=C1Nc2cccc(Cl)c2N2CCS(=O)(=O)CC12. The summed E-state index contributed by atoms with van der Waals surface area (Å²) in [6, 6.07) is 4.58. The number of hydrogen-bond donors (Lipinski definition) is 1. The van der Waals surface area contributed by atoms with Crippen molar-refractivity contribution < 1.29 is 13.2 Å². The molecule has 2 aliphatic heterocycles. The number of rotatable bonds is 0. The van der Waals surface area contributed by atoms with Crippen molar-refractivity contribution in [3.63, 3.8) is 0 Å². The molecule has 0 spiro atoms. The number of halogens is 1. The summed E-state index contributed by atoms with van der Waals surface area (Å²) in [5.74, 6) is -0.377. The Morgan fingerprint density at radius 2 is 2.17 bits per heavy atom.